The highest BCUT2D eigenvalue weighted by Gasteiger charge is 2.18. The summed E-state index contributed by atoms with van der Waals surface area (Å²) in [4.78, 5) is 28.2. The highest BCUT2D eigenvalue weighted by Crippen LogP contribution is 2.23. The van der Waals surface area contributed by atoms with E-state index in [1.165, 1.54) is 41.4 Å². The van der Waals surface area contributed by atoms with Crippen LogP contribution in [-0.2, 0) is 21.1 Å². The maximum Gasteiger partial charge on any atom is 0.332 e. The highest BCUT2D eigenvalue weighted by atomic mass is 19.1. The number of benzene rings is 1. The normalized spacial score (nSPS) is 11.1. The zero-order valence-electron chi connectivity index (χ0n) is 12.2. The topological polar surface area (TPSA) is 71.1 Å². The van der Waals surface area contributed by atoms with Crippen LogP contribution in [0.25, 0.3) is 11.2 Å². The SMILES string of the molecule is Cn1c(=O)c2nc(Oc3cccc(F)c3)n(C)c2n(C)c1=O. The number of nitrogens with zero attached hydrogens (tertiary/aromatic N) is 4. The van der Waals surface area contributed by atoms with Gasteiger partial charge in [-0.15, -0.1) is 0 Å². The first-order chi connectivity index (χ1) is 10.4. The van der Waals surface area contributed by atoms with Gasteiger partial charge in [-0.25, -0.2) is 9.18 Å². The van der Waals surface area contributed by atoms with Crippen LogP contribution in [0.5, 0.6) is 11.8 Å². The third-order valence-electron chi connectivity index (χ3n) is 3.43. The second kappa shape index (κ2) is 4.83. The van der Waals surface area contributed by atoms with Gasteiger partial charge >= 0.3 is 11.7 Å². The number of halogens is 1. The van der Waals surface area contributed by atoms with Crippen LogP contribution in [0.3, 0.4) is 0 Å². The Hall–Kier alpha value is -2.90. The van der Waals surface area contributed by atoms with Crippen molar-refractivity contribution < 1.29 is 9.13 Å². The monoisotopic (exact) mass is 304 g/mol. The van der Waals surface area contributed by atoms with Crippen molar-refractivity contribution in [3.63, 3.8) is 0 Å². The molecule has 0 bridgehead atoms. The zero-order valence-corrected chi connectivity index (χ0v) is 12.2. The van der Waals surface area contributed by atoms with Crippen molar-refractivity contribution in [2.75, 3.05) is 0 Å². The molecule has 3 aromatic rings. The van der Waals surface area contributed by atoms with Crippen molar-refractivity contribution in [2.45, 2.75) is 0 Å². The summed E-state index contributed by atoms with van der Waals surface area (Å²) in [6, 6.07) is 5.67. The van der Waals surface area contributed by atoms with E-state index in [2.05, 4.69) is 4.98 Å². The van der Waals surface area contributed by atoms with Gasteiger partial charge in [-0.1, -0.05) is 6.07 Å². The molecular formula is C14H13FN4O3. The largest absolute Gasteiger partial charge is 0.425 e. The Morgan fingerprint density at radius 3 is 2.50 bits per heavy atom. The van der Waals surface area contributed by atoms with Gasteiger partial charge in [0, 0.05) is 27.2 Å². The van der Waals surface area contributed by atoms with E-state index in [0.29, 0.717) is 5.65 Å². The molecule has 2 aromatic heterocycles. The molecule has 1 aromatic carbocycles. The van der Waals surface area contributed by atoms with Crippen LogP contribution in [0, 0.1) is 5.82 Å². The number of fused-ring (bicyclic) bond motifs is 1. The molecule has 22 heavy (non-hydrogen) atoms. The lowest BCUT2D eigenvalue weighted by molar-refractivity contribution is 0.423. The van der Waals surface area contributed by atoms with Crippen molar-refractivity contribution in [3.8, 4) is 11.8 Å². The van der Waals surface area contributed by atoms with Crippen molar-refractivity contribution in [1.82, 2.24) is 18.7 Å². The molecule has 0 amide bonds. The van der Waals surface area contributed by atoms with Gasteiger partial charge in [0.25, 0.3) is 5.56 Å². The molecule has 0 unspecified atom stereocenters. The summed E-state index contributed by atoms with van der Waals surface area (Å²) in [5.74, 6) is -0.195. The van der Waals surface area contributed by atoms with E-state index >= 15 is 0 Å². The predicted molar refractivity (Wildman–Crippen MR) is 77.7 cm³/mol. The fourth-order valence-electron chi connectivity index (χ4n) is 2.29. The molecule has 3 rings (SSSR count). The highest BCUT2D eigenvalue weighted by molar-refractivity contribution is 5.71. The van der Waals surface area contributed by atoms with E-state index < -0.39 is 17.1 Å². The molecular weight excluding hydrogens is 291 g/mol. The van der Waals surface area contributed by atoms with Crippen LogP contribution >= 0.6 is 0 Å². The summed E-state index contributed by atoms with van der Waals surface area (Å²) in [6.07, 6.45) is 0. The molecule has 0 radical (unpaired) electrons. The van der Waals surface area contributed by atoms with E-state index in [9.17, 15) is 14.0 Å². The van der Waals surface area contributed by atoms with Gasteiger partial charge < -0.3 is 4.74 Å². The molecule has 0 N–H and O–H groups in total. The van der Waals surface area contributed by atoms with Crippen molar-refractivity contribution in [1.29, 1.82) is 0 Å². The standard InChI is InChI=1S/C14H13FN4O3/c1-17-11-10(12(20)19(3)14(21)18(11)2)16-13(17)22-9-6-4-5-8(15)7-9/h4-7H,1-3H3. The summed E-state index contributed by atoms with van der Waals surface area (Å²) in [5, 5.41) is 0. The van der Waals surface area contributed by atoms with Crippen LogP contribution in [-0.4, -0.2) is 18.7 Å². The Balaban J connectivity index is 2.23. The van der Waals surface area contributed by atoms with Gasteiger partial charge in [-0.2, -0.15) is 4.98 Å². The first-order valence-electron chi connectivity index (χ1n) is 6.46. The first-order valence-corrected chi connectivity index (χ1v) is 6.46. The number of ether oxygens (including phenoxy) is 1. The molecule has 114 valence electrons. The summed E-state index contributed by atoms with van der Waals surface area (Å²) in [7, 11) is 4.53. The second-order valence-electron chi connectivity index (χ2n) is 4.89. The van der Waals surface area contributed by atoms with Crippen molar-refractivity contribution in [2.24, 2.45) is 21.1 Å². The van der Waals surface area contributed by atoms with Crippen LogP contribution in [0.1, 0.15) is 0 Å². The lowest BCUT2D eigenvalue weighted by Crippen LogP contribution is -2.37. The molecule has 0 saturated carbocycles. The number of rotatable bonds is 2. The Morgan fingerprint density at radius 2 is 1.82 bits per heavy atom. The van der Waals surface area contributed by atoms with Crippen LogP contribution in [0.2, 0.25) is 0 Å². The number of imidazole rings is 1. The molecule has 0 aliphatic rings. The molecule has 0 saturated heterocycles. The fraction of sp³-hybridized carbons (Fsp3) is 0.214. The third-order valence-corrected chi connectivity index (χ3v) is 3.43. The Labute approximate surface area is 123 Å². The molecule has 0 fully saturated rings. The van der Waals surface area contributed by atoms with E-state index in [0.717, 1.165) is 4.57 Å². The predicted octanol–water partition coefficient (Wildman–Crippen LogP) is 0.902. The minimum atomic E-state index is -0.511. The van der Waals surface area contributed by atoms with Gasteiger partial charge in [0.2, 0.25) is 0 Å². The van der Waals surface area contributed by atoms with Crippen LogP contribution in [0.15, 0.2) is 33.9 Å². The summed E-state index contributed by atoms with van der Waals surface area (Å²) in [5.41, 5.74) is -0.529. The molecule has 8 heteroatoms. The van der Waals surface area contributed by atoms with Gasteiger partial charge in [0.15, 0.2) is 11.2 Å². The van der Waals surface area contributed by atoms with E-state index in [1.54, 1.807) is 13.1 Å². The van der Waals surface area contributed by atoms with Gasteiger partial charge in [0.05, 0.1) is 0 Å². The number of hydrogen-bond donors (Lipinski definition) is 0. The Morgan fingerprint density at radius 1 is 1.09 bits per heavy atom. The smallest absolute Gasteiger partial charge is 0.332 e. The van der Waals surface area contributed by atoms with Gasteiger partial charge in [0.1, 0.15) is 11.6 Å². The minimum absolute atomic E-state index is 0.0962. The average molecular weight is 304 g/mol. The number of hydrogen-bond acceptors (Lipinski definition) is 4. The average Bonchev–Trinajstić information content (AvgIpc) is 2.80. The Kier molecular flexibility index (Phi) is 3.09. The molecule has 0 atom stereocenters. The molecule has 0 aliphatic heterocycles. The quantitative estimate of drug-likeness (QED) is 0.705. The van der Waals surface area contributed by atoms with Gasteiger partial charge in [-0.05, 0) is 12.1 Å². The van der Waals surface area contributed by atoms with Crippen molar-refractivity contribution in [3.05, 3.63) is 50.9 Å². The lowest BCUT2D eigenvalue weighted by atomic mass is 10.3. The zero-order chi connectivity index (χ0) is 16.0. The summed E-state index contributed by atoms with van der Waals surface area (Å²) in [6.45, 7) is 0. The maximum absolute atomic E-state index is 13.2. The molecule has 2 heterocycles. The summed E-state index contributed by atoms with van der Waals surface area (Å²) < 4.78 is 22.5. The maximum atomic E-state index is 13.2. The lowest BCUT2D eigenvalue weighted by Gasteiger charge is -2.07. The molecule has 0 aliphatic carbocycles. The van der Waals surface area contributed by atoms with Crippen LogP contribution in [0.4, 0.5) is 4.39 Å². The van der Waals surface area contributed by atoms with E-state index in [1.807, 2.05) is 0 Å². The van der Waals surface area contributed by atoms with E-state index in [-0.39, 0.29) is 17.3 Å². The first kappa shape index (κ1) is 14.1. The second-order valence-corrected chi connectivity index (χ2v) is 4.89. The Bertz CT molecular complexity index is 1000. The molecule has 7 nitrogen and oxygen atoms in total. The number of aryl methyl sites for hydroxylation is 2. The van der Waals surface area contributed by atoms with E-state index in [4.69, 9.17) is 4.74 Å². The third kappa shape index (κ3) is 2.00. The number of aromatic nitrogens is 4. The fourth-order valence-corrected chi connectivity index (χ4v) is 2.29. The molecule has 0 spiro atoms. The minimum Gasteiger partial charge on any atom is -0.425 e. The summed E-state index contributed by atoms with van der Waals surface area (Å²) >= 11 is 0. The van der Waals surface area contributed by atoms with Crippen LogP contribution < -0.4 is 16.0 Å². The van der Waals surface area contributed by atoms with Gasteiger partial charge in [-0.3, -0.25) is 18.5 Å². The van der Waals surface area contributed by atoms with Crippen molar-refractivity contribution >= 4 is 11.2 Å².